The fourth-order valence-corrected chi connectivity index (χ4v) is 2.53. The number of piperidine rings is 1. The van der Waals surface area contributed by atoms with Crippen LogP contribution in [0.5, 0.6) is 0 Å². The molecular formula is C12H21N3. The summed E-state index contributed by atoms with van der Waals surface area (Å²) in [4.78, 5) is 2.30. The number of hydrogen-bond acceptors (Lipinski definition) is 3. The van der Waals surface area contributed by atoms with Crippen LogP contribution in [-0.4, -0.2) is 36.6 Å². The van der Waals surface area contributed by atoms with Gasteiger partial charge in [0.25, 0.3) is 0 Å². The second-order valence-electron chi connectivity index (χ2n) is 5.00. The lowest BCUT2D eigenvalue weighted by molar-refractivity contribution is 0.152. The number of rotatable bonds is 4. The largest absolute Gasteiger partial charge is 0.310 e. The predicted molar refractivity (Wildman–Crippen MR) is 60.4 cm³/mol. The van der Waals surface area contributed by atoms with Crippen molar-refractivity contribution in [3.8, 4) is 6.07 Å². The average Bonchev–Trinajstić information content (AvgIpc) is 3.02. The van der Waals surface area contributed by atoms with E-state index in [9.17, 15) is 0 Å². The van der Waals surface area contributed by atoms with E-state index in [1.54, 1.807) is 0 Å². The van der Waals surface area contributed by atoms with E-state index >= 15 is 0 Å². The van der Waals surface area contributed by atoms with Crippen LogP contribution in [0.3, 0.4) is 0 Å². The van der Waals surface area contributed by atoms with Gasteiger partial charge in [-0.2, -0.15) is 5.26 Å². The highest BCUT2D eigenvalue weighted by Gasteiger charge is 2.30. The molecule has 0 bridgehead atoms. The summed E-state index contributed by atoms with van der Waals surface area (Å²) in [5.41, 5.74) is 0. The molecule has 2 unspecified atom stereocenters. The third-order valence-electron chi connectivity index (χ3n) is 3.53. The maximum atomic E-state index is 8.75. The van der Waals surface area contributed by atoms with E-state index in [-0.39, 0.29) is 0 Å². The SMILES string of the molecule is CCC1CC(NC2CC2)CN(CC#N)C1. The van der Waals surface area contributed by atoms with Gasteiger partial charge < -0.3 is 5.32 Å². The lowest BCUT2D eigenvalue weighted by Gasteiger charge is -2.36. The highest BCUT2D eigenvalue weighted by molar-refractivity contribution is 4.91. The monoisotopic (exact) mass is 207 g/mol. The molecule has 3 heteroatoms. The van der Waals surface area contributed by atoms with Gasteiger partial charge in [-0.05, 0) is 25.2 Å². The molecule has 2 atom stereocenters. The van der Waals surface area contributed by atoms with Crippen molar-refractivity contribution in [3.63, 3.8) is 0 Å². The van der Waals surface area contributed by atoms with Crippen molar-refractivity contribution >= 4 is 0 Å². The van der Waals surface area contributed by atoms with E-state index in [0.29, 0.717) is 12.6 Å². The number of nitrogens with zero attached hydrogens (tertiary/aromatic N) is 2. The molecule has 1 N–H and O–H groups in total. The molecule has 1 saturated carbocycles. The Hall–Kier alpha value is -0.590. The van der Waals surface area contributed by atoms with Gasteiger partial charge in [-0.15, -0.1) is 0 Å². The Morgan fingerprint density at radius 3 is 2.73 bits per heavy atom. The van der Waals surface area contributed by atoms with Gasteiger partial charge in [0.15, 0.2) is 0 Å². The Morgan fingerprint density at radius 1 is 1.33 bits per heavy atom. The minimum absolute atomic E-state index is 0.597. The Labute approximate surface area is 92.4 Å². The minimum Gasteiger partial charge on any atom is -0.310 e. The lowest BCUT2D eigenvalue weighted by atomic mass is 9.92. The fourth-order valence-electron chi connectivity index (χ4n) is 2.53. The number of hydrogen-bond donors (Lipinski definition) is 1. The molecule has 1 aliphatic carbocycles. The predicted octanol–water partition coefficient (Wildman–Crippen LogP) is 1.36. The normalized spacial score (nSPS) is 32.5. The summed E-state index contributed by atoms with van der Waals surface area (Å²) in [6, 6.07) is 3.69. The number of nitriles is 1. The number of likely N-dealkylation sites (tertiary alicyclic amines) is 1. The molecule has 0 amide bonds. The van der Waals surface area contributed by atoms with E-state index in [0.717, 1.165) is 25.0 Å². The van der Waals surface area contributed by atoms with Gasteiger partial charge in [0.05, 0.1) is 12.6 Å². The first-order chi connectivity index (χ1) is 7.31. The van der Waals surface area contributed by atoms with Gasteiger partial charge >= 0.3 is 0 Å². The third-order valence-corrected chi connectivity index (χ3v) is 3.53. The van der Waals surface area contributed by atoms with Crippen LogP contribution >= 0.6 is 0 Å². The molecule has 0 aromatic rings. The zero-order valence-corrected chi connectivity index (χ0v) is 9.58. The summed E-state index contributed by atoms with van der Waals surface area (Å²) < 4.78 is 0. The summed E-state index contributed by atoms with van der Waals surface area (Å²) >= 11 is 0. The molecule has 2 aliphatic rings. The topological polar surface area (TPSA) is 39.1 Å². The standard InChI is InChI=1S/C12H21N3/c1-2-10-7-12(14-11-3-4-11)9-15(8-10)6-5-13/h10-12,14H,2-4,6-9H2,1H3. The molecule has 15 heavy (non-hydrogen) atoms. The van der Waals surface area contributed by atoms with E-state index in [4.69, 9.17) is 5.26 Å². The average molecular weight is 207 g/mol. The molecule has 0 aromatic heterocycles. The third kappa shape index (κ3) is 3.19. The van der Waals surface area contributed by atoms with Crippen LogP contribution in [0.1, 0.15) is 32.6 Å². The molecule has 2 rings (SSSR count). The lowest BCUT2D eigenvalue weighted by Crippen LogP contribution is -2.49. The molecule has 1 heterocycles. The van der Waals surface area contributed by atoms with E-state index < -0.39 is 0 Å². The Kier molecular flexibility index (Phi) is 3.61. The highest BCUT2D eigenvalue weighted by Crippen LogP contribution is 2.24. The van der Waals surface area contributed by atoms with Crippen LogP contribution < -0.4 is 5.32 Å². The number of nitrogens with one attached hydrogen (secondary N) is 1. The van der Waals surface area contributed by atoms with E-state index in [2.05, 4.69) is 23.2 Å². The summed E-state index contributed by atoms with van der Waals surface area (Å²) in [5, 5.41) is 12.4. The Balaban J connectivity index is 1.84. The molecular weight excluding hydrogens is 186 g/mol. The van der Waals surface area contributed by atoms with Crippen LogP contribution in [0.2, 0.25) is 0 Å². The summed E-state index contributed by atoms with van der Waals surface area (Å²) in [5.74, 6) is 0.781. The molecule has 0 aromatic carbocycles. The molecule has 1 aliphatic heterocycles. The second kappa shape index (κ2) is 4.96. The van der Waals surface area contributed by atoms with Gasteiger partial charge in [0.2, 0.25) is 0 Å². The van der Waals surface area contributed by atoms with Crippen molar-refractivity contribution in [2.75, 3.05) is 19.6 Å². The van der Waals surface area contributed by atoms with Crippen molar-refractivity contribution in [3.05, 3.63) is 0 Å². The summed E-state index contributed by atoms with van der Waals surface area (Å²) in [7, 11) is 0. The molecule has 2 fully saturated rings. The van der Waals surface area contributed by atoms with Crippen molar-refractivity contribution < 1.29 is 0 Å². The second-order valence-corrected chi connectivity index (χ2v) is 5.00. The highest BCUT2D eigenvalue weighted by atomic mass is 15.2. The van der Waals surface area contributed by atoms with Crippen LogP contribution in [0.25, 0.3) is 0 Å². The van der Waals surface area contributed by atoms with Gasteiger partial charge in [0, 0.05) is 25.2 Å². The molecule has 1 saturated heterocycles. The minimum atomic E-state index is 0.597. The Morgan fingerprint density at radius 2 is 2.13 bits per heavy atom. The van der Waals surface area contributed by atoms with Gasteiger partial charge in [-0.1, -0.05) is 13.3 Å². The first-order valence-corrected chi connectivity index (χ1v) is 6.17. The first-order valence-electron chi connectivity index (χ1n) is 6.17. The fraction of sp³-hybridized carbons (Fsp3) is 0.917. The van der Waals surface area contributed by atoms with Crippen molar-refractivity contribution in [1.29, 1.82) is 5.26 Å². The zero-order valence-electron chi connectivity index (χ0n) is 9.58. The van der Waals surface area contributed by atoms with Gasteiger partial charge in [-0.25, -0.2) is 0 Å². The Bertz CT molecular complexity index is 242. The van der Waals surface area contributed by atoms with Crippen LogP contribution in [-0.2, 0) is 0 Å². The summed E-state index contributed by atoms with van der Waals surface area (Å²) in [6.07, 6.45) is 5.25. The van der Waals surface area contributed by atoms with Crippen molar-refractivity contribution in [2.45, 2.75) is 44.7 Å². The molecule has 0 radical (unpaired) electrons. The quantitative estimate of drug-likeness (QED) is 0.708. The zero-order chi connectivity index (χ0) is 10.7. The maximum Gasteiger partial charge on any atom is 0.0866 e. The van der Waals surface area contributed by atoms with Crippen molar-refractivity contribution in [2.24, 2.45) is 5.92 Å². The van der Waals surface area contributed by atoms with E-state index in [1.165, 1.54) is 25.7 Å². The summed E-state index contributed by atoms with van der Waals surface area (Å²) in [6.45, 7) is 5.04. The van der Waals surface area contributed by atoms with Crippen LogP contribution in [0.15, 0.2) is 0 Å². The van der Waals surface area contributed by atoms with Crippen LogP contribution in [0, 0.1) is 17.2 Å². The van der Waals surface area contributed by atoms with Gasteiger partial charge in [-0.3, -0.25) is 4.90 Å². The maximum absolute atomic E-state index is 8.75. The van der Waals surface area contributed by atoms with Crippen LogP contribution in [0.4, 0.5) is 0 Å². The van der Waals surface area contributed by atoms with Gasteiger partial charge in [0.1, 0.15) is 0 Å². The van der Waals surface area contributed by atoms with Crippen molar-refractivity contribution in [1.82, 2.24) is 10.2 Å². The smallest absolute Gasteiger partial charge is 0.0866 e. The molecule has 0 spiro atoms. The molecule has 3 nitrogen and oxygen atoms in total. The van der Waals surface area contributed by atoms with E-state index in [1.807, 2.05) is 0 Å². The molecule has 84 valence electrons. The first kappa shape index (κ1) is 10.9.